The fraction of sp³-hybridized carbons (Fsp3) is 0.357. The highest BCUT2D eigenvalue weighted by atomic mass is 35.5. The van der Waals surface area contributed by atoms with Crippen LogP contribution in [0, 0.1) is 0 Å². The number of nitrogens with one attached hydrogen (secondary N) is 2. The molecule has 0 atom stereocenters. The number of hydrogen-bond acceptors (Lipinski definition) is 4. The first-order chi connectivity index (χ1) is 10.1. The summed E-state index contributed by atoms with van der Waals surface area (Å²) in [5.41, 5.74) is 4.81. The van der Waals surface area contributed by atoms with Crippen molar-refractivity contribution in [3.05, 3.63) is 28.8 Å². The summed E-state index contributed by atoms with van der Waals surface area (Å²) in [6.45, 7) is 4.87. The Labute approximate surface area is 133 Å². The van der Waals surface area contributed by atoms with Crippen LogP contribution in [0.15, 0.2) is 18.2 Å². The molecule has 0 unspecified atom stereocenters. The average Bonchev–Trinajstić information content (AvgIpc) is 2.33. The summed E-state index contributed by atoms with van der Waals surface area (Å²) in [6.07, 6.45) is 0. The molecule has 0 aliphatic heterocycles. The third-order valence-electron chi connectivity index (χ3n) is 2.31. The molecule has 0 aromatic heterocycles. The van der Waals surface area contributed by atoms with Gasteiger partial charge >= 0.3 is 6.03 Å². The molecule has 0 saturated carbocycles. The molecule has 0 bridgehead atoms. The average molecular weight is 328 g/mol. The molecule has 22 heavy (non-hydrogen) atoms. The van der Waals surface area contributed by atoms with E-state index in [0.29, 0.717) is 5.02 Å². The van der Waals surface area contributed by atoms with Gasteiger partial charge in [-0.25, -0.2) is 4.79 Å². The van der Waals surface area contributed by atoms with E-state index in [1.54, 1.807) is 20.8 Å². The van der Waals surface area contributed by atoms with Crippen LogP contribution in [0.25, 0.3) is 0 Å². The van der Waals surface area contributed by atoms with E-state index in [4.69, 9.17) is 22.1 Å². The first-order valence-electron chi connectivity index (χ1n) is 6.42. The monoisotopic (exact) mass is 327 g/mol. The molecule has 0 saturated heterocycles. The molecule has 7 nitrogen and oxygen atoms in total. The van der Waals surface area contributed by atoms with Gasteiger partial charge < -0.3 is 15.8 Å². The van der Waals surface area contributed by atoms with E-state index >= 15 is 0 Å². The summed E-state index contributed by atoms with van der Waals surface area (Å²) in [6, 6.07) is 3.60. The molecule has 0 heterocycles. The largest absolute Gasteiger partial charge is 0.483 e. The Balaban J connectivity index is 2.63. The quantitative estimate of drug-likeness (QED) is 0.777. The standard InChI is InChI=1S/C14H18ClN3O4/c1-14(2,3)18-13(21)17-11(19)7-22-10-6-8(15)4-5-9(10)12(16)20/h4-6H,7H2,1-3H3,(H2,16,20)(H2,17,18,19,21). The number of primary amides is 1. The molecule has 8 heteroatoms. The van der Waals surface area contributed by atoms with Crippen LogP contribution in [0.2, 0.25) is 5.02 Å². The maximum Gasteiger partial charge on any atom is 0.321 e. The van der Waals surface area contributed by atoms with Crippen molar-refractivity contribution in [3.63, 3.8) is 0 Å². The number of halogens is 1. The number of urea groups is 1. The molecule has 4 N–H and O–H groups in total. The van der Waals surface area contributed by atoms with Crippen LogP contribution in [0.1, 0.15) is 31.1 Å². The van der Waals surface area contributed by atoms with Gasteiger partial charge in [0.2, 0.25) is 0 Å². The van der Waals surface area contributed by atoms with Gasteiger partial charge in [-0.2, -0.15) is 0 Å². The molecule has 0 radical (unpaired) electrons. The maximum absolute atomic E-state index is 11.6. The van der Waals surface area contributed by atoms with Crippen LogP contribution in [-0.2, 0) is 4.79 Å². The Kier molecular flexibility index (Phi) is 5.76. The third kappa shape index (κ3) is 6.01. The zero-order valence-electron chi connectivity index (χ0n) is 12.5. The van der Waals surface area contributed by atoms with Gasteiger partial charge in [-0.1, -0.05) is 11.6 Å². The molecule has 0 aliphatic rings. The van der Waals surface area contributed by atoms with Crippen molar-refractivity contribution in [2.45, 2.75) is 26.3 Å². The lowest BCUT2D eigenvalue weighted by atomic mass is 10.1. The number of nitrogens with two attached hydrogens (primary N) is 1. The Hall–Kier alpha value is -2.28. The van der Waals surface area contributed by atoms with E-state index in [1.807, 2.05) is 0 Å². The van der Waals surface area contributed by atoms with Crippen LogP contribution in [0.5, 0.6) is 5.75 Å². The second-order valence-corrected chi connectivity index (χ2v) is 5.98. The van der Waals surface area contributed by atoms with Crippen LogP contribution in [-0.4, -0.2) is 30.0 Å². The van der Waals surface area contributed by atoms with Gasteiger partial charge in [0.1, 0.15) is 5.75 Å². The lowest BCUT2D eigenvalue weighted by Crippen LogP contribution is -2.49. The second kappa shape index (κ2) is 7.13. The van der Waals surface area contributed by atoms with Gasteiger partial charge in [0.15, 0.2) is 6.61 Å². The Bertz CT molecular complexity index is 596. The molecule has 1 aromatic rings. The van der Waals surface area contributed by atoms with E-state index in [9.17, 15) is 14.4 Å². The minimum absolute atomic E-state index is 0.0754. The molecule has 4 amide bonds. The van der Waals surface area contributed by atoms with Gasteiger partial charge in [0.05, 0.1) is 5.56 Å². The summed E-state index contributed by atoms with van der Waals surface area (Å²) in [4.78, 5) is 34.4. The minimum Gasteiger partial charge on any atom is -0.483 e. The molecule has 1 rings (SSSR count). The van der Waals surface area contributed by atoms with Crippen molar-refractivity contribution in [2.24, 2.45) is 5.73 Å². The van der Waals surface area contributed by atoms with Crippen LogP contribution in [0.4, 0.5) is 4.79 Å². The second-order valence-electron chi connectivity index (χ2n) is 5.55. The molecule has 1 aromatic carbocycles. The number of imide groups is 1. The van der Waals surface area contributed by atoms with Crippen LogP contribution in [0.3, 0.4) is 0 Å². The first kappa shape index (κ1) is 17.8. The Morgan fingerprint density at radius 3 is 2.45 bits per heavy atom. The van der Waals surface area contributed by atoms with Gasteiger partial charge in [-0.05, 0) is 39.0 Å². The number of carbonyl (C=O) groups excluding carboxylic acids is 3. The summed E-state index contributed by atoms with van der Waals surface area (Å²) >= 11 is 5.80. The van der Waals surface area contributed by atoms with Gasteiger partial charge in [-0.3, -0.25) is 14.9 Å². The number of rotatable bonds is 4. The summed E-state index contributed by atoms with van der Waals surface area (Å²) in [7, 11) is 0. The van der Waals surface area contributed by atoms with Crippen molar-refractivity contribution in [3.8, 4) is 5.75 Å². The SMILES string of the molecule is CC(C)(C)NC(=O)NC(=O)COc1cc(Cl)ccc1C(N)=O. The lowest BCUT2D eigenvalue weighted by molar-refractivity contribution is -0.122. The van der Waals surface area contributed by atoms with Gasteiger partial charge in [-0.15, -0.1) is 0 Å². The number of hydrogen-bond donors (Lipinski definition) is 3. The van der Waals surface area contributed by atoms with Crippen molar-refractivity contribution in [2.75, 3.05) is 6.61 Å². The topological polar surface area (TPSA) is 111 Å². The summed E-state index contributed by atoms with van der Waals surface area (Å²) in [5, 5.41) is 5.00. The highest BCUT2D eigenvalue weighted by Gasteiger charge is 2.17. The summed E-state index contributed by atoms with van der Waals surface area (Å²) < 4.78 is 5.19. The lowest BCUT2D eigenvalue weighted by Gasteiger charge is -2.20. The van der Waals surface area contributed by atoms with E-state index in [0.717, 1.165) is 0 Å². The predicted octanol–water partition coefficient (Wildman–Crippen LogP) is 1.44. The predicted molar refractivity (Wildman–Crippen MR) is 81.9 cm³/mol. The van der Waals surface area contributed by atoms with E-state index in [-0.39, 0.29) is 11.3 Å². The van der Waals surface area contributed by atoms with Gasteiger partial charge in [0, 0.05) is 10.6 Å². The maximum atomic E-state index is 11.6. The van der Waals surface area contributed by atoms with Crippen molar-refractivity contribution >= 4 is 29.4 Å². The molecule has 120 valence electrons. The molecular weight excluding hydrogens is 310 g/mol. The zero-order valence-corrected chi connectivity index (χ0v) is 13.3. The number of amides is 4. The fourth-order valence-corrected chi connectivity index (χ4v) is 1.66. The van der Waals surface area contributed by atoms with Crippen molar-refractivity contribution in [1.29, 1.82) is 0 Å². The fourth-order valence-electron chi connectivity index (χ4n) is 1.50. The van der Waals surface area contributed by atoms with Crippen molar-refractivity contribution < 1.29 is 19.1 Å². The Morgan fingerprint density at radius 1 is 1.27 bits per heavy atom. The molecule has 0 spiro atoms. The van der Waals surface area contributed by atoms with E-state index in [2.05, 4.69) is 10.6 Å². The van der Waals surface area contributed by atoms with Crippen LogP contribution < -0.4 is 21.1 Å². The number of ether oxygens (including phenoxy) is 1. The zero-order chi connectivity index (χ0) is 16.9. The van der Waals surface area contributed by atoms with Crippen LogP contribution >= 0.6 is 11.6 Å². The number of benzene rings is 1. The van der Waals surface area contributed by atoms with E-state index in [1.165, 1.54) is 18.2 Å². The first-order valence-corrected chi connectivity index (χ1v) is 6.80. The number of carbonyl (C=O) groups is 3. The normalized spacial score (nSPS) is 10.7. The molecular formula is C14H18ClN3O4. The van der Waals surface area contributed by atoms with Crippen molar-refractivity contribution in [1.82, 2.24) is 10.6 Å². The highest BCUT2D eigenvalue weighted by molar-refractivity contribution is 6.30. The Morgan fingerprint density at radius 2 is 1.91 bits per heavy atom. The third-order valence-corrected chi connectivity index (χ3v) is 2.54. The highest BCUT2D eigenvalue weighted by Crippen LogP contribution is 2.22. The molecule has 0 fully saturated rings. The smallest absolute Gasteiger partial charge is 0.321 e. The van der Waals surface area contributed by atoms with E-state index < -0.39 is 30.0 Å². The van der Waals surface area contributed by atoms with Gasteiger partial charge in [0.25, 0.3) is 11.8 Å². The summed E-state index contributed by atoms with van der Waals surface area (Å²) in [5.74, 6) is -1.30. The molecule has 0 aliphatic carbocycles. The minimum atomic E-state index is -0.711.